The van der Waals surface area contributed by atoms with Crippen molar-refractivity contribution in [2.24, 2.45) is 5.73 Å². The van der Waals surface area contributed by atoms with Crippen molar-refractivity contribution in [1.82, 2.24) is 10.3 Å². The fourth-order valence-corrected chi connectivity index (χ4v) is 2.49. The van der Waals surface area contributed by atoms with Crippen molar-refractivity contribution in [3.63, 3.8) is 0 Å². The second-order valence-corrected chi connectivity index (χ2v) is 5.50. The Morgan fingerprint density at radius 1 is 1.58 bits per heavy atom. The second-order valence-electron chi connectivity index (χ2n) is 4.17. The third-order valence-corrected chi connectivity index (χ3v) is 3.77. The van der Waals surface area contributed by atoms with Crippen LogP contribution in [-0.4, -0.2) is 10.9 Å². The SMILES string of the molecule is CC(N)c1nc(C(=O)NCc2cccc(Cl)c2)cs1. The lowest BCUT2D eigenvalue weighted by atomic mass is 10.2. The number of carbonyl (C=O) groups excluding carboxylic acids is 1. The first-order valence-electron chi connectivity index (χ1n) is 5.80. The van der Waals surface area contributed by atoms with E-state index < -0.39 is 0 Å². The van der Waals surface area contributed by atoms with Crippen molar-refractivity contribution in [3.8, 4) is 0 Å². The fourth-order valence-electron chi connectivity index (χ4n) is 1.52. The minimum Gasteiger partial charge on any atom is -0.347 e. The third kappa shape index (κ3) is 3.76. The highest BCUT2D eigenvalue weighted by molar-refractivity contribution is 7.09. The Morgan fingerprint density at radius 2 is 2.37 bits per heavy atom. The molecule has 1 heterocycles. The van der Waals surface area contributed by atoms with Crippen LogP contribution in [-0.2, 0) is 6.54 Å². The Hall–Kier alpha value is -1.43. The number of nitrogens with two attached hydrogens (primary N) is 1. The number of carbonyl (C=O) groups is 1. The third-order valence-electron chi connectivity index (χ3n) is 2.49. The van der Waals surface area contributed by atoms with Crippen LogP contribution in [0, 0.1) is 0 Å². The van der Waals surface area contributed by atoms with Crippen molar-refractivity contribution in [3.05, 3.63) is 50.9 Å². The molecular weight excluding hydrogens is 282 g/mol. The first-order valence-corrected chi connectivity index (χ1v) is 7.05. The normalized spacial score (nSPS) is 12.2. The number of nitrogens with one attached hydrogen (secondary N) is 1. The van der Waals surface area contributed by atoms with Gasteiger partial charge in [-0.1, -0.05) is 23.7 Å². The molecule has 1 aromatic heterocycles. The molecule has 19 heavy (non-hydrogen) atoms. The van der Waals surface area contributed by atoms with Crippen LogP contribution in [0.25, 0.3) is 0 Å². The molecule has 0 aliphatic heterocycles. The molecule has 4 nitrogen and oxygen atoms in total. The Kier molecular flexibility index (Phi) is 4.52. The highest BCUT2D eigenvalue weighted by Gasteiger charge is 2.12. The average molecular weight is 296 g/mol. The summed E-state index contributed by atoms with van der Waals surface area (Å²) in [5.74, 6) is -0.205. The average Bonchev–Trinajstić information content (AvgIpc) is 2.86. The van der Waals surface area contributed by atoms with Crippen LogP contribution in [0.15, 0.2) is 29.6 Å². The maximum Gasteiger partial charge on any atom is 0.271 e. The number of halogens is 1. The van der Waals surface area contributed by atoms with E-state index in [1.54, 1.807) is 11.4 Å². The van der Waals surface area contributed by atoms with Crippen LogP contribution >= 0.6 is 22.9 Å². The fraction of sp³-hybridized carbons (Fsp3) is 0.231. The van der Waals surface area contributed by atoms with Gasteiger partial charge in [-0.15, -0.1) is 11.3 Å². The Bertz CT molecular complexity index is 583. The first-order chi connectivity index (χ1) is 9.06. The summed E-state index contributed by atoms with van der Waals surface area (Å²) < 4.78 is 0. The number of hydrogen-bond acceptors (Lipinski definition) is 4. The molecule has 2 rings (SSSR count). The monoisotopic (exact) mass is 295 g/mol. The topological polar surface area (TPSA) is 68.0 Å². The molecule has 1 atom stereocenters. The summed E-state index contributed by atoms with van der Waals surface area (Å²) in [6.45, 7) is 2.26. The molecule has 1 amide bonds. The molecule has 0 aliphatic carbocycles. The van der Waals surface area contributed by atoms with E-state index in [1.807, 2.05) is 25.1 Å². The lowest BCUT2D eigenvalue weighted by molar-refractivity contribution is 0.0946. The zero-order chi connectivity index (χ0) is 13.8. The van der Waals surface area contributed by atoms with E-state index in [2.05, 4.69) is 10.3 Å². The predicted octanol–water partition coefficient (Wildman–Crippen LogP) is 2.75. The van der Waals surface area contributed by atoms with Gasteiger partial charge in [-0.2, -0.15) is 0 Å². The van der Waals surface area contributed by atoms with Gasteiger partial charge in [0.1, 0.15) is 10.7 Å². The largest absolute Gasteiger partial charge is 0.347 e. The van der Waals surface area contributed by atoms with Crippen molar-refractivity contribution in [1.29, 1.82) is 0 Å². The molecule has 0 spiro atoms. The van der Waals surface area contributed by atoms with Crippen LogP contribution in [0.5, 0.6) is 0 Å². The van der Waals surface area contributed by atoms with E-state index in [0.717, 1.165) is 10.6 Å². The molecule has 0 aliphatic rings. The number of rotatable bonds is 4. The summed E-state index contributed by atoms with van der Waals surface area (Å²) >= 11 is 7.27. The molecular formula is C13H14ClN3OS. The van der Waals surface area contributed by atoms with E-state index in [9.17, 15) is 4.79 Å². The van der Waals surface area contributed by atoms with Gasteiger partial charge >= 0.3 is 0 Å². The minimum absolute atomic E-state index is 0.153. The highest BCUT2D eigenvalue weighted by atomic mass is 35.5. The van der Waals surface area contributed by atoms with Gasteiger partial charge in [-0.05, 0) is 24.6 Å². The summed E-state index contributed by atoms with van der Waals surface area (Å²) in [7, 11) is 0. The van der Waals surface area contributed by atoms with E-state index in [-0.39, 0.29) is 11.9 Å². The molecule has 0 fully saturated rings. The smallest absolute Gasteiger partial charge is 0.271 e. The Morgan fingerprint density at radius 3 is 3.00 bits per heavy atom. The summed E-state index contributed by atoms with van der Waals surface area (Å²) in [6.07, 6.45) is 0. The molecule has 0 bridgehead atoms. The van der Waals surface area contributed by atoms with Gasteiger partial charge in [0.2, 0.25) is 0 Å². The lowest BCUT2D eigenvalue weighted by Gasteiger charge is -2.04. The van der Waals surface area contributed by atoms with Crippen molar-refractivity contribution in [2.45, 2.75) is 19.5 Å². The quantitative estimate of drug-likeness (QED) is 0.911. The van der Waals surface area contributed by atoms with E-state index >= 15 is 0 Å². The van der Waals surface area contributed by atoms with E-state index in [4.69, 9.17) is 17.3 Å². The summed E-state index contributed by atoms with van der Waals surface area (Å²) in [5.41, 5.74) is 7.06. The van der Waals surface area contributed by atoms with Gasteiger partial charge in [0.15, 0.2) is 0 Å². The lowest BCUT2D eigenvalue weighted by Crippen LogP contribution is -2.23. The van der Waals surface area contributed by atoms with Gasteiger partial charge in [0.25, 0.3) is 5.91 Å². The Balaban J connectivity index is 1.97. The highest BCUT2D eigenvalue weighted by Crippen LogP contribution is 2.16. The van der Waals surface area contributed by atoms with Gasteiger partial charge in [0, 0.05) is 16.9 Å². The minimum atomic E-state index is -0.205. The van der Waals surface area contributed by atoms with Crippen LogP contribution in [0.2, 0.25) is 5.02 Å². The zero-order valence-corrected chi connectivity index (χ0v) is 12.0. The second kappa shape index (κ2) is 6.14. The van der Waals surface area contributed by atoms with Gasteiger partial charge in [0.05, 0.1) is 6.04 Å². The number of benzene rings is 1. The van der Waals surface area contributed by atoms with Crippen molar-refractivity contribution in [2.75, 3.05) is 0 Å². The molecule has 2 aromatic rings. The van der Waals surface area contributed by atoms with Crippen molar-refractivity contribution < 1.29 is 4.79 Å². The molecule has 0 saturated heterocycles. The number of hydrogen-bond donors (Lipinski definition) is 2. The van der Waals surface area contributed by atoms with E-state index in [1.165, 1.54) is 11.3 Å². The summed E-state index contributed by atoms with van der Waals surface area (Å²) in [5, 5.41) is 5.92. The molecule has 0 radical (unpaired) electrons. The number of aromatic nitrogens is 1. The number of nitrogens with zero attached hydrogens (tertiary/aromatic N) is 1. The molecule has 1 aromatic carbocycles. The molecule has 100 valence electrons. The molecule has 0 saturated carbocycles. The van der Waals surface area contributed by atoms with Gasteiger partial charge < -0.3 is 11.1 Å². The molecule has 3 N–H and O–H groups in total. The van der Waals surface area contributed by atoms with E-state index in [0.29, 0.717) is 17.3 Å². The van der Waals surface area contributed by atoms with Gasteiger partial charge in [-0.25, -0.2) is 4.98 Å². The first kappa shape index (κ1) is 14.0. The van der Waals surface area contributed by atoms with Crippen LogP contribution < -0.4 is 11.1 Å². The zero-order valence-electron chi connectivity index (χ0n) is 10.4. The van der Waals surface area contributed by atoms with Crippen LogP contribution in [0.4, 0.5) is 0 Å². The Labute approximate surface area is 120 Å². The standard InChI is InChI=1S/C13H14ClN3OS/c1-8(15)13-17-11(7-19-13)12(18)16-6-9-3-2-4-10(14)5-9/h2-5,7-8H,6,15H2,1H3,(H,16,18). The summed E-state index contributed by atoms with van der Waals surface area (Å²) in [4.78, 5) is 16.1. The maximum absolute atomic E-state index is 11.9. The predicted molar refractivity (Wildman–Crippen MR) is 77.3 cm³/mol. The van der Waals surface area contributed by atoms with Crippen LogP contribution in [0.3, 0.4) is 0 Å². The molecule has 6 heteroatoms. The molecule has 1 unspecified atom stereocenters. The van der Waals surface area contributed by atoms with Crippen molar-refractivity contribution >= 4 is 28.8 Å². The summed E-state index contributed by atoms with van der Waals surface area (Å²) in [6, 6.07) is 7.21. The maximum atomic E-state index is 11.9. The number of thiazole rings is 1. The number of amides is 1. The van der Waals surface area contributed by atoms with Crippen LogP contribution in [0.1, 0.15) is 34.0 Å². The van der Waals surface area contributed by atoms with Gasteiger partial charge in [-0.3, -0.25) is 4.79 Å².